The molecular formula is C6H13NO2. The highest BCUT2D eigenvalue weighted by atomic mass is 16.5. The van der Waals surface area contributed by atoms with Gasteiger partial charge in [0.1, 0.15) is 0 Å². The molecule has 2 atom stereocenters. The Labute approximate surface area is 55.0 Å². The molecule has 1 aliphatic rings. The van der Waals surface area contributed by atoms with Crippen molar-refractivity contribution < 1.29 is 9.84 Å². The molecule has 1 fully saturated rings. The molecule has 2 N–H and O–H groups in total. The van der Waals surface area contributed by atoms with E-state index in [1.54, 1.807) is 0 Å². The summed E-state index contributed by atoms with van der Waals surface area (Å²) in [6.45, 7) is 1.45. The van der Waals surface area contributed by atoms with Crippen LogP contribution in [0, 0.1) is 0 Å². The number of hydrogen-bond acceptors (Lipinski definition) is 3. The van der Waals surface area contributed by atoms with Crippen molar-refractivity contribution in [3.05, 3.63) is 0 Å². The summed E-state index contributed by atoms with van der Waals surface area (Å²) in [5.74, 6) is 0. The third-order valence-corrected chi connectivity index (χ3v) is 1.58. The second kappa shape index (κ2) is 3.15. The highest BCUT2D eigenvalue weighted by molar-refractivity contribution is 4.75. The fourth-order valence-electron chi connectivity index (χ4n) is 1.03. The van der Waals surface area contributed by atoms with E-state index in [2.05, 4.69) is 5.32 Å². The second-order valence-corrected chi connectivity index (χ2v) is 2.32. The predicted octanol–water partition coefficient (Wildman–Crippen LogP) is -0.644. The molecule has 3 nitrogen and oxygen atoms in total. The minimum absolute atomic E-state index is 0.0231. The molecule has 1 heterocycles. The van der Waals surface area contributed by atoms with Crippen LogP contribution in [-0.4, -0.2) is 37.5 Å². The van der Waals surface area contributed by atoms with Crippen molar-refractivity contribution in [2.45, 2.75) is 18.6 Å². The fraction of sp³-hybridized carbons (Fsp3) is 1.00. The van der Waals surface area contributed by atoms with Crippen LogP contribution in [0.15, 0.2) is 0 Å². The van der Waals surface area contributed by atoms with Crippen LogP contribution in [0.3, 0.4) is 0 Å². The van der Waals surface area contributed by atoms with Crippen molar-refractivity contribution >= 4 is 0 Å². The highest BCUT2D eigenvalue weighted by Crippen LogP contribution is 2.11. The monoisotopic (exact) mass is 131 g/mol. The van der Waals surface area contributed by atoms with Gasteiger partial charge in [-0.1, -0.05) is 0 Å². The third kappa shape index (κ3) is 1.64. The summed E-state index contributed by atoms with van der Waals surface area (Å²) < 4.78 is 5.19. The van der Waals surface area contributed by atoms with Crippen LogP contribution in [0.2, 0.25) is 0 Å². The van der Waals surface area contributed by atoms with E-state index < -0.39 is 0 Å². The zero-order valence-electron chi connectivity index (χ0n) is 5.63. The summed E-state index contributed by atoms with van der Waals surface area (Å²) >= 11 is 0. The summed E-state index contributed by atoms with van der Waals surface area (Å²) in [6, 6.07) is 0. The molecule has 0 radical (unpaired) electrons. The van der Waals surface area contributed by atoms with E-state index in [9.17, 15) is 0 Å². The quantitative estimate of drug-likeness (QED) is 0.523. The number of aliphatic hydroxyl groups excluding tert-OH is 1. The Kier molecular flexibility index (Phi) is 2.45. The zero-order valence-corrected chi connectivity index (χ0v) is 5.63. The predicted molar refractivity (Wildman–Crippen MR) is 34.3 cm³/mol. The Hall–Kier alpha value is -0.120. The largest absolute Gasteiger partial charge is 0.390 e. The first-order valence-corrected chi connectivity index (χ1v) is 3.29. The van der Waals surface area contributed by atoms with Crippen molar-refractivity contribution in [1.29, 1.82) is 0 Å². The lowest BCUT2D eigenvalue weighted by Gasteiger charge is -2.11. The molecule has 3 heteroatoms. The molecule has 0 aromatic rings. The fourth-order valence-corrected chi connectivity index (χ4v) is 1.03. The van der Waals surface area contributed by atoms with Gasteiger partial charge in [0.2, 0.25) is 0 Å². The van der Waals surface area contributed by atoms with E-state index in [0.717, 1.165) is 13.0 Å². The molecular weight excluding hydrogens is 118 g/mol. The first kappa shape index (κ1) is 6.99. The van der Waals surface area contributed by atoms with E-state index in [1.165, 1.54) is 0 Å². The normalized spacial score (nSPS) is 35.3. The number of nitrogens with one attached hydrogen (secondary N) is 1. The number of ether oxygens (including phenoxy) is 1. The van der Waals surface area contributed by atoms with Gasteiger partial charge in [-0.05, 0) is 13.5 Å². The molecule has 9 heavy (non-hydrogen) atoms. The molecule has 1 rings (SSSR count). The number of likely N-dealkylation sites (N-methyl/N-ethyl adjacent to an activating group) is 1. The van der Waals surface area contributed by atoms with E-state index in [-0.39, 0.29) is 12.2 Å². The maximum atomic E-state index is 9.16. The van der Waals surface area contributed by atoms with Crippen molar-refractivity contribution in [3.63, 3.8) is 0 Å². The zero-order chi connectivity index (χ0) is 6.69. The molecule has 0 spiro atoms. The van der Waals surface area contributed by atoms with Gasteiger partial charge in [-0.2, -0.15) is 0 Å². The van der Waals surface area contributed by atoms with Gasteiger partial charge in [-0.3, -0.25) is 0 Å². The Morgan fingerprint density at radius 1 is 1.78 bits per heavy atom. The molecule has 1 saturated heterocycles. The standard InChI is InChI=1S/C6H13NO2/c1-7-4-6-5(8)2-3-9-6/h5-8H,2-4H2,1H3/t5-,6+/m0/s1. The Morgan fingerprint density at radius 3 is 3.00 bits per heavy atom. The van der Waals surface area contributed by atoms with Gasteiger partial charge in [-0.15, -0.1) is 0 Å². The molecule has 1 aliphatic heterocycles. The van der Waals surface area contributed by atoms with Gasteiger partial charge in [-0.25, -0.2) is 0 Å². The number of rotatable bonds is 2. The van der Waals surface area contributed by atoms with Crippen LogP contribution < -0.4 is 5.32 Å². The summed E-state index contributed by atoms with van der Waals surface area (Å²) in [5.41, 5.74) is 0. The lowest BCUT2D eigenvalue weighted by atomic mass is 10.2. The van der Waals surface area contributed by atoms with Crippen LogP contribution in [0.5, 0.6) is 0 Å². The van der Waals surface area contributed by atoms with E-state index in [4.69, 9.17) is 9.84 Å². The SMILES string of the molecule is CNC[C@H]1OCC[C@@H]1O. The van der Waals surface area contributed by atoms with Gasteiger partial charge in [0.05, 0.1) is 12.2 Å². The maximum absolute atomic E-state index is 9.16. The molecule has 54 valence electrons. The topological polar surface area (TPSA) is 41.5 Å². The second-order valence-electron chi connectivity index (χ2n) is 2.32. The van der Waals surface area contributed by atoms with Crippen molar-refractivity contribution in [2.75, 3.05) is 20.2 Å². The maximum Gasteiger partial charge on any atom is 0.0958 e. The summed E-state index contributed by atoms with van der Waals surface area (Å²) in [7, 11) is 1.86. The Morgan fingerprint density at radius 2 is 2.56 bits per heavy atom. The van der Waals surface area contributed by atoms with Gasteiger partial charge in [0, 0.05) is 13.2 Å². The van der Waals surface area contributed by atoms with Gasteiger partial charge >= 0.3 is 0 Å². The third-order valence-electron chi connectivity index (χ3n) is 1.58. The van der Waals surface area contributed by atoms with Crippen LogP contribution >= 0.6 is 0 Å². The Balaban J connectivity index is 2.22. The van der Waals surface area contributed by atoms with Crippen LogP contribution in [0.1, 0.15) is 6.42 Å². The average Bonchev–Trinajstić information content (AvgIpc) is 2.18. The molecule has 0 aliphatic carbocycles. The lowest BCUT2D eigenvalue weighted by molar-refractivity contribution is 0.0441. The number of aliphatic hydroxyl groups is 1. The van der Waals surface area contributed by atoms with Crippen LogP contribution in [0.25, 0.3) is 0 Å². The van der Waals surface area contributed by atoms with Gasteiger partial charge < -0.3 is 15.2 Å². The summed E-state index contributed by atoms with van der Waals surface area (Å²) in [6.07, 6.45) is 0.555. The molecule has 0 saturated carbocycles. The molecule has 0 unspecified atom stereocenters. The van der Waals surface area contributed by atoms with Crippen LogP contribution in [0.4, 0.5) is 0 Å². The minimum Gasteiger partial charge on any atom is -0.390 e. The first-order valence-electron chi connectivity index (χ1n) is 3.29. The highest BCUT2D eigenvalue weighted by Gasteiger charge is 2.24. The average molecular weight is 131 g/mol. The molecule has 0 aromatic heterocycles. The summed E-state index contributed by atoms with van der Waals surface area (Å²) in [4.78, 5) is 0. The first-order chi connectivity index (χ1) is 4.34. The van der Waals surface area contributed by atoms with E-state index >= 15 is 0 Å². The van der Waals surface area contributed by atoms with Gasteiger partial charge in [0.25, 0.3) is 0 Å². The van der Waals surface area contributed by atoms with Crippen LogP contribution in [-0.2, 0) is 4.74 Å². The van der Waals surface area contributed by atoms with Crippen molar-refractivity contribution in [1.82, 2.24) is 5.32 Å². The molecule has 0 aromatic carbocycles. The van der Waals surface area contributed by atoms with E-state index in [1.807, 2.05) is 7.05 Å². The molecule has 0 bridgehead atoms. The van der Waals surface area contributed by atoms with Gasteiger partial charge in [0.15, 0.2) is 0 Å². The lowest BCUT2D eigenvalue weighted by Crippen LogP contribution is -2.31. The Bertz CT molecular complexity index is 87.1. The van der Waals surface area contributed by atoms with E-state index in [0.29, 0.717) is 6.61 Å². The van der Waals surface area contributed by atoms with Crippen molar-refractivity contribution in [3.8, 4) is 0 Å². The molecule has 0 amide bonds. The smallest absolute Gasteiger partial charge is 0.0958 e. The van der Waals surface area contributed by atoms with Crippen molar-refractivity contribution in [2.24, 2.45) is 0 Å². The minimum atomic E-state index is -0.252. The number of hydrogen-bond donors (Lipinski definition) is 2. The summed E-state index contributed by atoms with van der Waals surface area (Å²) in [5, 5.41) is 12.1.